The molecule has 0 aromatic heterocycles. The maximum Gasteiger partial charge on any atom is 0.330 e. The second-order valence-corrected chi connectivity index (χ2v) is 2.82. The van der Waals surface area contributed by atoms with Gasteiger partial charge >= 0.3 is 5.97 Å². The summed E-state index contributed by atoms with van der Waals surface area (Å²) in [5.74, 6) is -0.332. The molecule has 1 fully saturated rings. The van der Waals surface area contributed by atoms with Gasteiger partial charge in [0, 0.05) is 19.6 Å². The number of piperazine rings is 1. The molecule has 1 aliphatic rings. The van der Waals surface area contributed by atoms with Crippen molar-refractivity contribution in [2.75, 3.05) is 26.2 Å². The zero-order chi connectivity index (χ0) is 9.68. The van der Waals surface area contributed by atoms with Gasteiger partial charge in [-0.15, -0.1) is 0 Å². The zero-order valence-electron chi connectivity index (χ0n) is 7.66. The molecule has 0 unspecified atom stereocenters. The van der Waals surface area contributed by atoms with Crippen molar-refractivity contribution in [1.82, 2.24) is 10.2 Å². The maximum atomic E-state index is 11.3. The van der Waals surface area contributed by atoms with Gasteiger partial charge in [0.05, 0.1) is 6.61 Å². The van der Waals surface area contributed by atoms with E-state index in [9.17, 15) is 9.59 Å². The van der Waals surface area contributed by atoms with E-state index in [2.05, 4.69) is 5.32 Å². The number of ether oxygens (including phenoxy) is 1. The van der Waals surface area contributed by atoms with E-state index in [0.717, 1.165) is 6.54 Å². The van der Waals surface area contributed by atoms with Crippen LogP contribution in [0.3, 0.4) is 0 Å². The Morgan fingerprint density at radius 3 is 3.15 bits per heavy atom. The Kier molecular flexibility index (Phi) is 3.70. The summed E-state index contributed by atoms with van der Waals surface area (Å²) in [6.07, 6.45) is 0.697. The first kappa shape index (κ1) is 9.98. The number of hydrogen-bond donors (Lipinski definition) is 1. The highest BCUT2D eigenvalue weighted by atomic mass is 16.5. The first-order chi connectivity index (χ1) is 6.29. The Morgan fingerprint density at radius 1 is 1.77 bits per heavy atom. The summed E-state index contributed by atoms with van der Waals surface area (Å²) in [5, 5.41) is 3.04. The highest BCUT2D eigenvalue weighted by Gasteiger charge is 2.28. The molecule has 0 radical (unpaired) electrons. The summed E-state index contributed by atoms with van der Waals surface area (Å²) in [6.45, 7) is 3.88. The van der Waals surface area contributed by atoms with Crippen molar-refractivity contribution in [3.8, 4) is 0 Å². The Bertz CT molecular complexity index is 196. The summed E-state index contributed by atoms with van der Waals surface area (Å²) in [4.78, 5) is 23.3. The van der Waals surface area contributed by atoms with Crippen molar-refractivity contribution in [2.24, 2.45) is 0 Å². The molecule has 13 heavy (non-hydrogen) atoms. The third-order valence-corrected chi connectivity index (χ3v) is 1.98. The minimum atomic E-state index is -0.453. The van der Waals surface area contributed by atoms with Gasteiger partial charge in [-0.1, -0.05) is 0 Å². The fourth-order valence-electron chi connectivity index (χ4n) is 1.30. The van der Waals surface area contributed by atoms with Gasteiger partial charge in [0.25, 0.3) is 0 Å². The van der Waals surface area contributed by atoms with Crippen LogP contribution in [0.1, 0.15) is 6.92 Å². The number of carbonyl (C=O) groups is 2. The van der Waals surface area contributed by atoms with E-state index in [-0.39, 0.29) is 5.97 Å². The fraction of sp³-hybridized carbons (Fsp3) is 0.750. The minimum absolute atomic E-state index is 0.332. The first-order valence-electron chi connectivity index (χ1n) is 4.38. The molecule has 1 atom stereocenters. The van der Waals surface area contributed by atoms with Crippen LogP contribution in [0.25, 0.3) is 0 Å². The van der Waals surface area contributed by atoms with Gasteiger partial charge in [-0.25, -0.2) is 4.79 Å². The molecule has 5 heteroatoms. The molecule has 0 aromatic rings. The molecule has 1 amide bonds. The second-order valence-electron chi connectivity index (χ2n) is 2.82. The van der Waals surface area contributed by atoms with Crippen LogP contribution < -0.4 is 5.32 Å². The first-order valence-corrected chi connectivity index (χ1v) is 4.38. The van der Waals surface area contributed by atoms with Gasteiger partial charge in [0.15, 0.2) is 0 Å². The quantitative estimate of drug-likeness (QED) is 0.453. The Balaban J connectivity index is 2.53. The fourth-order valence-corrected chi connectivity index (χ4v) is 1.30. The molecule has 5 nitrogen and oxygen atoms in total. The molecule has 1 N–H and O–H groups in total. The molecule has 74 valence electrons. The van der Waals surface area contributed by atoms with Crippen molar-refractivity contribution in [2.45, 2.75) is 13.0 Å². The monoisotopic (exact) mass is 186 g/mol. The molecule has 1 heterocycles. The molecule has 1 saturated heterocycles. The molecule has 0 saturated carbocycles. The summed E-state index contributed by atoms with van der Waals surface area (Å²) in [7, 11) is 0. The van der Waals surface area contributed by atoms with E-state index in [1.165, 1.54) is 4.90 Å². The highest BCUT2D eigenvalue weighted by molar-refractivity contribution is 5.78. The van der Waals surface area contributed by atoms with E-state index in [1.807, 2.05) is 0 Å². The van der Waals surface area contributed by atoms with Gasteiger partial charge < -0.3 is 15.0 Å². The predicted octanol–water partition coefficient (Wildman–Crippen LogP) is -1.02. The molecular weight excluding hydrogens is 172 g/mol. The largest absolute Gasteiger partial charge is 0.464 e. The van der Waals surface area contributed by atoms with Gasteiger partial charge in [0.1, 0.15) is 6.04 Å². The number of nitrogens with one attached hydrogen (secondary N) is 1. The Morgan fingerprint density at radius 2 is 2.54 bits per heavy atom. The lowest BCUT2D eigenvalue weighted by molar-refractivity contribution is -0.152. The van der Waals surface area contributed by atoms with Crippen LogP contribution in [0.15, 0.2) is 0 Å². The third kappa shape index (κ3) is 2.42. The lowest BCUT2D eigenvalue weighted by Gasteiger charge is -2.31. The van der Waals surface area contributed by atoms with Crippen LogP contribution in [0, 0.1) is 0 Å². The summed E-state index contributed by atoms with van der Waals surface area (Å²) in [6, 6.07) is -0.453. The van der Waals surface area contributed by atoms with E-state index in [1.54, 1.807) is 6.92 Å². The molecule has 0 aromatic carbocycles. The van der Waals surface area contributed by atoms with Gasteiger partial charge in [-0.2, -0.15) is 0 Å². The van der Waals surface area contributed by atoms with Crippen molar-refractivity contribution in [1.29, 1.82) is 0 Å². The van der Waals surface area contributed by atoms with E-state index < -0.39 is 6.04 Å². The van der Waals surface area contributed by atoms with Crippen molar-refractivity contribution >= 4 is 12.4 Å². The summed E-state index contributed by atoms with van der Waals surface area (Å²) >= 11 is 0. The average Bonchev–Trinajstić information content (AvgIpc) is 2.18. The van der Waals surface area contributed by atoms with Crippen LogP contribution in [0.5, 0.6) is 0 Å². The standard InChI is InChI=1S/C8H14N2O3/c1-2-13-8(12)7-5-9-3-4-10(7)6-11/h6-7,9H,2-5H2,1H3/t7-/m0/s1. The number of hydrogen-bond acceptors (Lipinski definition) is 4. The summed E-state index contributed by atoms with van der Waals surface area (Å²) < 4.78 is 4.83. The lowest BCUT2D eigenvalue weighted by atomic mass is 10.2. The smallest absolute Gasteiger partial charge is 0.330 e. The average molecular weight is 186 g/mol. The normalized spacial score (nSPS) is 22.5. The molecular formula is C8H14N2O3. The number of rotatable bonds is 3. The summed E-state index contributed by atoms with van der Waals surface area (Å²) in [5.41, 5.74) is 0. The van der Waals surface area contributed by atoms with Gasteiger partial charge in [-0.05, 0) is 6.92 Å². The molecule has 1 rings (SSSR count). The number of esters is 1. The predicted molar refractivity (Wildman–Crippen MR) is 46.1 cm³/mol. The van der Waals surface area contributed by atoms with Crippen LogP contribution in [-0.4, -0.2) is 49.6 Å². The minimum Gasteiger partial charge on any atom is -0.464 e. The second kappa shape index (κ2) is 4.81. The number of nitrogens with zero attached hydrogens (tertiary/aromatic N) is 1. The van der Waals surface area contributed by atoms with E-state index in [0.29, 0.717) is 26.1 Å². The number of carbonyl (C=O) groups excluding carboxylic acids is 2. The van der Waals surface area contributed by atoms with Crippen molar-refractivity contribution in [3.05, 3.63) is 0 Å². The molecule has 1 aliphatic heterocycles. The Hall–Kier alpha value is -1.10. The van der Waals surface area contributed by atoms with Gasteiger partial charge in [0.2, 0.25) is 6.41 Å². The molecule has 0 aliphatic carbocycles. The SMILES string of the molecule is CCOC(=O)[C@@H]1CNCCN1C=O. The van der Waals surface area contributed by atoms with E-state index >= 15 is 0 Å². The van der Waals surface area contributed by atoms with Crippen LogP contribution >= 0.6 is 0 Å². The van der Waals surface area contributed by atoms with Crippen LogP contribution in [-0.2, 0) is 14.3 Å². The van der Waals surface area contributed by atoms with E-state index in [4.69, 9.17) is 4.74 Å². The zero-order valence-corrected chi connectivity index (χ0v) is 7.66. The highest BCUT2D eigenvalue weighted by Crippen LogP contribution is 2.02. The maximum absolute atomic E-state index is 11.3. The van der Waals surface area contributed by atoms with Crippen molar-refractivity contribution < 1.29 is 14.3 Å². The lowest BCUT2D eigenvalue weighted by Crippen LogP contribution is -2.54. The molecule has 0 spiro atoms. The topological polar surface area (TPSA) is 58.6 Å². The van der Waals surface area contributed by atoms with Gasteiger partial charge in [-0.3, -0.25) is 4.79 Å². The van der Waals surface area contributed by atoms with Crippen LogP contribution in [0.2, 0.25) is 0 Å². The third-order valence-electron chi connectivity index (χ3n) is 1.98. The number of amides is 1. The Labute approximate surface area is 77.0 Å². The molecule has 0 bridgehead atoms. The van der Waals surface area contributed by atoms with Crippen LogP contribution in [0.4, 0.5) is 0 Å². The van der Waals surface area contributed by atoms with Crippen molar-refractivity contribution in [3.63, 3.8) is 0 Å².